The first-order valence-corrected chi connectivity index (χ1v) is 7.57. The second-order valence-electron chi connectivity index (χ2n) is 3.60. The molecule has 0 fully saturated rings. The molecule has 0 spiro atoms. The lowest BCUT2D eigenvalue weighted by Crippen LogP contribution is -2.07. The number of nitrogens with zero attached hydrogens (tertiary/aromatic N) is 1. The third kappa shape index (κ3) is 4.44. The van der Waals surface area contributed by atoms with Gasteiger partial charge in [0.25, 0.3) is 5.69 Å². The van der Waals surface area contributed by atoms with Crippen LogP contribution in [0.4, 0.5) is 11.4 Å². The van der Waals surface area contributed by atoms with Gasteiger partial charge in [-0.1, -0.05) is 23.2 Å². The second kappa shape index (κ2) is 6.92. The molecule has 100 valence electrons. The average molecular weight is 311 g/mol. The minimum atomic E-state index is -0.867. The Bertz CT molecular complexity index is 482. The van der Waals surface area contributed by atoms with Gasteiger partial charge < -0.3 is 5.32 Å². The highest BCUT2D eigenvalue weighted by atomic mass is 35.5. The van der Waals surface area contributed by atoms with Gasteiger partial charge in [-0.15, -0.1) is 0 Å². The summed E-state index contributed by atoms with van der Waals surface area (Å²) in [6.45, 7) is 0.485. The maximum atomic E-state index is 10.9. The van der Waals surface area contributed by atoms with Crippen LogP contribution in [0, 0.1) is 10.1 Å². The molecule has 18 heavy (non-hydrogen) atoms. The van der Waals surface area contributed by atoms with Crippen LogP contribution in [0.1, 0.15) is 6.42 Å². The number of nitrogens with one attached hydrogen (secondary N) is 1. The van der Waals surface area contributed by atoms with Gasteiger partial charge in [0.2, 0.25) is 0 Å². The summed E-state index contributed by atoms with van der Waals surface area (Å²) in [6.07, 6.45) is 2.27. The molecule has 0 aromatic heterocycles. The molecule has 5 nitrogen and oxygen atoms in total. The highest BCUT2D eigenvalue weighted by Gasteiger charge is 2.16. The predicted octanol–water partition coefficient (Wildman–Crippen LogP) is 3.08. The van der Waals surface area contributed by atoms with Crippen molar-refractivity contribution in [3.63, 3.8) is 0 Å². The summed E-state index contributed by atoms with van der Waals surface area (Å²) in [7, 11) is -0.867. The van der Waals surface area contributed by atoms with Crippen molar-refractivity contribution in [2.24, 2.45) is 0 Å². The van der Waals surface area contributed by atoms with Gasteiger partial charge in [0.15, 0.2) is 0 Å². The lowest BCUT2D eigenvalue weighted by atomic mass is 10.2. The number of hydrogen-bond acceptors (Lipinski definition) is 4. The number of nitro groups is 1. The molecular weight excluding hydrogens is 299 g/mol. The molecule has 0 aliphatic rings. The molecule has 0 amide bonds. The van der Waals surface area contributed by atoms with E-state index in [1.54, 1.807) is 6.26 Å². The fourth-order valence-electron chi connectivity index (χ4n) is 1.33. The van der Waals surface area contributed by atoms with E-state index >= 15 is 0 Å². The van der Waals surface area contributed by atoms with Crippen LogP contribution in [0.3, 0.4) is 0 Å². The Kier molecular flexibility index (Phi) is 5.84. The largest absolute Gasteiger partial charge is 0.379 e. The van der Waals surface area contributed by atoms with Crippen molar-refractivity contribution in [1.29, 1.82) is 0 Å². The molecule has 0 aliphatic heterocycles. The van der Waals surface area contributed by atoms with E-state index < -0.39 is 15.7 Å². The monoisotopic (exact) mass is 310 g/mol. The van der Waals surface area contributed by atoms with Crippen molar-refractivity contribution >= 4 is 45.4 Å². The summed E-state index contributed by atoms with van der Waals surface area (Å²) in [5.74, 6) is 0.544. The molecule has 0 heterocycles. The topological polar surface area (TPSA) is 72.2 Å². The molecule has 0 bridgehead atoms. The van der Waals surface area contributed by atoms with Gasteiger partial charge in [-0.3, -0.25) is 14.3 Å². The molecule has 1 atom stereocenters. The van der Waals surface area contributed by atoms with Crippen molar-refractivity contribution in [1.82, 2.24) is 0 Å². The number of rotatable bonds is 6. The van der Waals surface area contributed by atoms with Crippen molar-refractivity contribution in [3.8, 4) is 0 Å². The van der Waals surface area contributed by atoms with Gasteiger partial charge in [0, 0.05) is 35.4 Å². The first-order chi connectivity index (χ1) is 8.41. The molecule has 8 heteroatoms. The molecule has 1 N–H and O–H groups in total. The van der Waals surface area contributed by atoms with Crippen LogP contribution >= 0.6 is 23.2 Å². The minimum absolute atomic E-state index is 0.123. The lowest BCUT2D eigenvalue weighted by molar-refractivity contribution is -0.383. The van der Waals surface area contributed by atoms with Crippen LogP contribution < -0.4 is 5.32 Å². The van der Waals surface area contributed by atoms with Crippen LogP contribution in [0.5, 0.6) is 0 Å². The van der Waals surface area contributed by atoms with Gasteiger partial charge >= 0.3 is 0 Å². The number of halogens is 2. The molecule has 1 aromatic carbocycles. The van der Waals surface area contributed by atoms with Crippen LogP contribution in [0.15, 0.2) is 12.1 Å². The van der Waals surface area contributed by atoms with E-state index in [1.807, 2.05) is 0 Å². The van der Waals surface area contributed by atoms with Gasteiger partial charge in [0.1, 0.15) is 5.69 Å². The molecule has 0 saturated carbocycles. The van der Waals surface area contributed by atoms with Crippen molar-refractivity contribution < 1.29 is 9.13 Å². The summed E-state index contributed by atoms with van der Waals surface area (Å²) >= 11 is 11.5. The number of benzene rings is 1. The minimum Gasteiger partial charge on any atom is -0.379 e. The fourth-order valence-corrected chi connectivity index (χ4v) is 2.20. The number of anilines is 1. The fraction of sp³-hybridized carbons (Fsp3) is 0.400. The Balaban J connectivity index is 2.77. The van der Waals surface area contributed by atoms with Crippen LogP contribution in [-0.4, -0.2) is 27.7 Å². The first kappa shape index (κ1) is 15.2. The molecule has 0 radical (unpaired) electrons. The molecular formula is C10H12Cl2N2O3S. The molecule has 1 rings (SSSR count). The molecule has 0 aliphatic carbocycles. The van der Waals surface area contributed by atoms with E-state index in [2.05, 4.69) is 5.32 Å². The van der Waals surface area contributed by atoms with Crippen LogP contribution in [0.25, 0.3) is 0 Å². The highest BCUT2D eigenvalue weighted by Crippen LogP contribution is 2.33. The van der Waals surface area contributed by atoms with E-state index in [9.17, 15) is 14.3 Å². The average Bonchev–Trinajstić information content (AvgIpc) is 2.28. The zero-order valence-corrected chi connectivity index (χ0v) is 11.9. The SMILES string of the molecule is CS(=O)CCCNc1cc(Cl)c(Cl)cc1[N+](=O)[O-]. The third-order valence-electron chi connectivity index (χ3n) is 2.16. The maximum absolute atomic E-state index is 10.9. The summed E-state index contributed by atoms with van der Waals surface area (Å²) in [5, 5.41) is 14.1. The van der Waals surface area contributed by atoms with Gasteiger partial charge in [-0.05, 0) is 12.5 Å². The number of hydrogen-bond donors (Lipinski definition) is 1. The van der Waals surface area contributed by atoms with E-state index in [4.69, 9.17) is 23.2 Å². The molecule has 0 saturated heterocycles. The van der Waals surface area contributed by atoms with E-state index in [0.717, 1.165) is 0 Å². The first-order valence-electron chi connectivity index (χ1n) is 5.09. The lowest BCUT2D eigenvalue weighted by Gasteiger charge is -2.07. The Morgan fingerprint density at radius 3 is 2.56 bits per heavy atom. The molecule has 1 aromatic rings. The van der Waals surface area contributed by atoms with E-state index in [0.29, 0.717) is 24.4 Å². The van der Waals surface area contributed by atoms with Crippen LogP contribution in [0.2, 0.25) is 10.0 Å². The van der Waals surface area contributed by atoms with Gasteiger partial charge in [-0.25, -0.2) is 0 Å². The van der Waals surface area contributed by atoms with Crippen molar-refractivity contribution in [2.45, 2.75) is 6.42 Å². The van der Waals surface area contributed by atoms with Crippen molar-refractivity contribution in [3.05, 3.63) is 32.3 Å². The zero-order chi connectivity index (χ0) is 13.7. The summed E-state index contributed by atoms with van der Waals surface area (Å²) < 4.78 is 10.9. The summed E-state index contributed by atoms with van der Waals surface area (Å²) in [5.41, 5.74) is 0.193. The Morgan fingerprint density at radius 2 is 2.00 bits per heavy atom. The van der Waals surface area contributed by atoms with Gasteiger partial charge in [0.05, 0.1) is 15.0 Å². The second-order valence-corrected chi connectivity index (χ2v) is 5.97. The van der Waals surface area contributed by atoms with E-state index in [-0.39, 0.29) is 15.7 Å². The van der Waals surface area contributed by atoms with Crippen molar-refractivity contribution in [2.75, 3.05) is 23.9 Å². The summed E-state index contributed by atoms with van der Waals surface area (Å²) in [6, 6.07) is 2.63. The Labute approximate surface area is 117 Å². The van der Waals surface area contributed by atoms with Gasteiger partial charge in [-0.2, -0.15) is 0 Å². The maximum Gasteiger partial charge on any atom is 0.293 e. The highest BCUT2D eigenvalue weighted by molar-refractivity contribution is 7.84. The predicted molar refractivity (Wildman–Crippen MR) is 75.2 cm³/mol. The standard InChI is InChI=1S/C10H12Cl2N2O3S/c1-18(17)4-2-3-13-9-5-7(11)8(12)6-10(9)14(15)16/h5-6,13H,2-4H2,1H3. The quantitative estimate of drug-likeness (QED) is 0.498. The number of nitro benzene ring substituents is 1. The van der Waals surface area contributed by atoms with Crippen LogP contribution in [-0.2, 0) is 10.8 Å². The third-order valence-corrected chi connectivity index (χ3v) is 3.75. The Hall–Kier alpha value is -0.850. The normalized spacial score (nSPS) is 12.2. The smallest absolute Gasteiger partial charge is 0.293 e. The summed E-state index contributed by atoms with van der Waals surface area (Å²) in [4.78, 5) is 10.3. The molecule has 1 unspecified atom stereocenters. The van der Waals surface area contributed by atoms with E-state index in [1.165, 1.54) is 12.1 Å². The zero-order valence-electron chi connectivity index (χ0n) is 9.61. The Morgan fingerprint density at radius 1 is 1.39 bits per heavy atom.